The van der Waals surface area contributed by atoms with Gasteiger partial charge in [-0.15, -0.1) is 11.8 Å². The molecule has 2 nitrogen and oxygen atoms in total. The highest BCUT2D eigenvalue weighted by molar-refractivity contribution is 8.00. The summed E-state index contributed by atoms with van der Waals surface area (Å²) in [5, 5.41) is 3.00. The minimum atomic E-state index is 0.0398. The molecular weight excluding hydrogens is 302 g/mol. The molecule has 3 heteroatoms. The van der Waals surface area contributed by atoms with Crippen LogP contribution in [0.4, 0.5) is 5.69 Å². The molecule has 2 rings (SSSR count). The molecule has 0 aliphatic rings. The Morgan fingerprint density at radius 1 is 0.870 bits per heavy atom. The Labute approximate surface area is 143 Å². The molecule has 0 atom stereocenters. The summed E-state index contributed by atoms with van der Waals surface area (Å²) in [4.78, 5) is 13.5. The van der Waals surface area contributed by atoms with Crippen molar-refractivity contribution in [2.24, 2.45) is 0 Å². The molecule has 2 aromatic rings. The molecule has 122 valence electrons. The lowest BCUT2D eigenvalue weighted by molar-refractivity contribution is -0.113. The number of carbonyl (C=O) groups excluding carboxylic acids is 1. The number of amides is 1. The summed E-state index contributed by atoms with van der Waals surface area (Å²) in [7, 11) is 0. The minimum Gasteiger partial charge on any atom is -0.325 e. The molecule has 0 aliphatic heterocycles. The predicted octanol–water partition coefficient (Wildman–Crippen LogP) is 5.27. The number of hydrogen-bond acceptors (Lipinski definition) is 2. The maximum atomic E-state index is 12.3. The Bertz CT molecular complexity index is 703. The van der Waals surface area contributed by atoms with Gasteiger partial charge in [0.2, 0.25) is 5.91 Å². The van der Waals surface area contributed by atoms with E-state index in [0.29, 0.717) is 5.75 Å². The van der Waals surface area contributed by atoms with Crippen molar-refractivity contribution in [3.63, 3.8) is 0 Å². The molecule has 0 aromatic heterocycles. The summed E-state index contributed by atoms with van der Waals surface area (Å²) < 4.78 is 0. The molecule has 0 unspecified atom stereocenters. The largest absolute Gasteiger partial charge is 0.325 e. The topological polar surface area (TPSA) is 29.1 Å². The average molecular weight is 327 g/mol. The van der Waals surface area contributed by atoms with Gasteiger partial charge in [0.25, 0.3) is 0 Å². The molecule has 23 heavy (non-hydrogen) atoms. The second kappa shape index (κ2) is 7.22. The second-order valence-corrected chi connectivity index (χ2v) is 7.29. The highest BCUT2D eigenvalue weighted by atomic mass is 32.2. The number of aryl methyl sites for hydroxylation is 4. The molecule has 0 aliphatic carbocycles. The van der Waals surface area contributed by atoms with Crippen LogP contribution >= 0.6 is 11.8 Å². The predicted molar refractivity (Wildman–Crippen MR) is 101 cm³/mol. The molecule has 0 heterocycles. The first-order valence-electron chi connectivity index (χ1n) is 7.86. The van der Waals surface area contributed by atoms with Gasteiger partial charge in [0, 0.05) is 10.6 Å². The summed E-state index contributed by atoms with van der Waals surface area (Å²) in [6.45, 7) is 12.6. The van der Waals surface area contributed by atoms with E-state index in [1.165, 1.54) is 27.1 Å². The Kier molecular flexibility index (Phi) is 5.53. The zero-order chi connectivity index (χ0) is 17.1. The molecule has 0 bridgehead atoms. The Hall–Kier alpha value is -1.74. The van der Waals surface area contributed by atoms with Gasteiger partial charge in [-0.3, -0.25) is 4.79 Å². The third-order valence-electron chi connectivity index (χ3n) is 4.15. The van der Waals surface area contributed by atoms with E-state index in [1.807, 2.05) is 26.0 Å². The number of hydrogen-bond donors (Lipinski definition) is 1. The number of benzene rings is 2. The van der Waals surface area contributed by atoms with Gasteiger partial charge in [-0.2, -0.15) is 0 Å². The van der Waals surface area contributed by atoms with Crippen molar-refractivity contribution in [1.82, 2.24) is 0 Å². The molecule has 0 saturated heterocycles. The van der Waals surface area contributed by atoms with Crippen molar-refractivity contribution < 1.29 is 4.79 Å². The monoisotopic (exact) mass is 327 g/mol. The van der Waals surface area contributed by atoms with E-state index in [-0.39, 0.29) is 5.91 Å². The van der Waals surface area contributed by atoms with Crippen molar-refractivity contribution in [3.05, 3.63) is 57.6 Å². The molecular formula is C20H25NOS. The fourth-order valence-electron chi connectivity index (χ4n) is 2.78. The first-order chi connectivity index (χ1) is 10.8. The van der Waals surface area contributed by atoms with Crippen LogP contribution in [0.3, 0.4) is 0 Å². The molecule has 0 radical (unpaired) electrons. The zero-order valence-electron chi connectivity index (χ0n) is 14.8. The average Bonchev–Trinajstić information content (AvgIpc) is 2.44. The molecule has 2 aromatic carbocycles. The van der Waals surface area contributed by atoms with Crippen LogP contribution in [0.2, 0.25) is 0 Å². The van der Waals surface area contributed by atoms with E-state index in [0.717, 1.165) is 16.8 Å². The molecule has 1 N–H and O–H groups in total. The van der Waals surface area contributed by atoms with Crippen LogP contribution in [0.5, 0.6) is 0 Å². The molecule has 1 amide bonds. The van der Waals surface area contributed by atoms with Crippen LogP contribution in [-0.2, 0) is 4.79 Å². The maximum absolute atomic E-state index is 12.3. The lowest BCUT2D eigenvalue weighted by Gasteiger charge is -2.15. The van der Waals surface area contributed by atoms with Crippen molar-refractivity contribution in [2.45, 2.75) is 46.4 Å². The number of anilines is 1. The SMILES string of the molecule is Cc1cc(C)cc(NC(=O)CSc2c(C)c(C)cc(C)c2C)c1. The third-order valence-corrected chi connectivity index (χ3v) is 5.46. The first-order valence-corrected chi connectivity index (χ1v) is 8.85. The van der Waals surface area contributed by atoms with Gasteiger partial charge < -0.3 is 5.32 Å². The van der Waals surface area contributed by atoms with E-state index in [1.54, 1.807) is 11.8 Å². The van der Waals surface area contributed by atoms with Gasteiger partial charge in [-0.1, -0.05) is 12.1 Å². The Morgan fingerprint density at radius 2 is 1.39 bits per heavy atom. The van der Waals surface area contributed by atoms with Gasteiger partial charge in [0.1, 0.15) is 0 Å². The van der Waals surface area contributed by atoms with Gasteiger partial charge in [-0.25, -0.2) is 0 Å². The van der Waals surface area contributed by atoms with Crippen LogP contribution in [-0.4, -0.2) is 11.7 Å². The van der Waals surface area contributed by atoms with E-state index in [2.05, 4.69) is 45.1 Å². The van der Waals surface area contributed by atoms with Crippen molar-refractivity contribution in [3.8, 4) is 0 Å². The minimum absolute atomic E-state index is 0.0398. The van der Waals surface area contributed by atoms with Crippen molar-refractivity contribution in [1.29, 1.82) is 0 Å². The lowest BCUT2D eigenvalue weighted by atomic mass is 10.0. The van der Waals surface area contributed by atoms with Crippen LogP contribution in [0.25, 0.3) is 0 Å². The third kappa shape index (κ3) is 4.38. The normalized spacial score (nSPS) is 10.7. The van der Waals surface area contributed by atoms with Crippen LogP contribution in [0, 0.1) is 41.5 Å². The molecule has 0 fully saturated rings. The quantitative estimate of drug-likeness (QED) is 0.775. The zero-order valence-corrected chi connectivity index (χ0v) is 15.6. The number of carbonyl (C=O) groups is 1. The summed E-state index contributed by atoms with van der Waals surface area (Å²) in [5.41, 5.74) is 8.31. The Morgan fingerprint density at radius 3 is 1.91 bits per heavy atom. The number of thioether (sulfide) groups is 1. The van der Waals surface area contributed by atoms with Gasteiger partial charge in [-0.05, 0) is 87.1 Å². The van der Waals surface area contributed by atoms with Crippen molar-refractivity contribution in [2.75, 3.05) is 11.1 Å². The smallest absolute Gasteiger partial charge is 0.234 e. The fraction of sp³-hybridized carbons (Fsp3) is 0.350. The van der Waals surface area contributed by atoms with Crippen LogP contribution in [0.1, 0.15) is 33.4 Å². The molecule has 0 spiro atoms. The van der Waals surface area contributed by atoms with Crippen LogP contribution < -0.4 is 5.32 Å². The fourth-order valence-corrected chi connectivity index (χ4v) is 3.88. The van der Waals surface area contributed by atoms with E-state index < -0.39 is 0 Å². The second-order valence-electron chi connectivity index (χ2n) is 6.30. The lowest BCUT2D eigenvalue weighted by Crippen LogP contribution is -2.14. The van der Waals surface area contributed by atoms with E-state index in [9.17, 15) is 4.79 Å². The highest BCUT2D eigenvalue weighted by Gasteiger charge is 2.11. The number of nitrogens with one attached hydrogen (secondary N) is 1. The summed E-state index contributed by atoms with van der Waals surface area (Å²) in [5.74, 6) is 0.468. The van der Waals surface area contributed by atoms with Gasteiger partial charge in [0.05, 0.1) is 5.75 Å². The van der Waals surface area contributed by atoms with Crippen LogP contribution in [0.15, 0.2) is 29.2 Å². The van der Waals surface area contributed by atoms with Gasteiger partial charge in [0.15, 0.2) is 0 Å². The summed E-state index contributed by atoms with van der Waals surface area (Å²) in [6, 6.07) is 8.32. The molecule has 0 saturated carbocycles. The highest BCUT2D eigenvalue weighted by Crippen LogP contribution is 2.31. The maximum Gasteiger partial charge on any atom is 0.234 e. The van der Waals surface area contributed by atoms with E-state index in [4.69, 9.17) is 0 Å². The van der Waals surface area contributed by atoms with Crippen molar-refractivity contribution >= 4 is 23.4 Å². The summed E-state index contributed by atoms with van der Waals surface area (Å²) >= 11 is 1.63. The summed E-state index contributed by atoms with van der Waals surface area (Å²) in [6.07, 6.45) is 0. The Balaban J connectivity index is 2.08. The van der Waals surface area contributed by atoms with E-state index >= 15 is 0 Å². The van der Waals surface area contributed by atoms with Gasteiger partial charge >= 0.3 is 0 Å². The standard InChI is InChI=1S/C20H25NOS/c1-12-7-13(2)9-18(8-12)21-19(22)11-23-20-16(5)14(3)10-15(4)17(20)6/h7-10H,11H2,1-6H3,(H,21,22). The first kappa shape index (κ1) is 17.6. The number of rotatable bonds is 4.